The van der Waals surface area contributed by atoms with Gasteiger partial charge in [-0.3, -0.25) is 4.79 Å². The maximum absolute atomic E-state index is 11.6. The highest BCUT2D eigenvalue weighted by molar-refractivity contribution is 5.73. The predicted octanol–water partition coefficient (Wildman–Crippen LogP) is 1.53. The topological polar surface area (TPSA) is 17.1 Å². The summed E-state index contributed by atoms with van der Waals surface area (Å²) < 4.78 is 11.6. The fraction of sp³-hybridized carbons (Fsp3) is 0.800. The molecular formula is C5H9FO. The maximum Gasteiger partial charge on any atom is 0.306 e. The second-order valence-electron chi connectivity index (χ2n) is 2.52. The zero-order valence-corrected chi connectivity index (χ0v) is 4.79. The van der Waals surface area contributed by atoms with Gasteiger partial charge in [0.15, 0.2) is 0 Å². The summed E-state index contributed by atoms with van der Waals surface area (Å²) in [7, 11) is 0. The molecule has 0 amide bonds. The highest BCUT2D eigenvalue weighted by atomic mass is 19.1. The van der Waals surface area contributed by atoms with Crippen LogP contribution in [-0.4, -0.2) is 6.04 Å². The Morgan fingerprint density at radius 2 is 1.57 bits per heavy atom. The lowest BCUT2D eigenvalue weighted by molar-refractivity contribution is -0.137. The van der Waals surface area contributed by atoms with Crippen LogP contribution in [0.3, 0.4) is 0 Å². The third-order valence-corrected chi connectivity index (χ3v) is 0.590. The number of hydrogen-bond acceptors (Lipinski definition) is 1. The Bertz CT molecular complexity index is 80.6. The minimum Gasteiger partial charge on any atom is -0.261 e. The molecule has 42 valence electrons. The standard InChI is InChI=1S/C5H9FO/c1-5(2,3)4(6)7/h1-3H3. The van der Waals surface area contributed by atoms with Gasteiger partial charge >= 0.3 is 6.04 Å². The molecular weight excluding hydrogens is 95.1 g/mol. The number of carbonyl (C=O) groups is 1. The van der Waals surface area contributed by atoms with Crippen molar-refractivity contribution >= 4 is 6.04 Å². The quantitative estimate of drug-likeness (QED) is 0.426. The molecule has 0 aliphatic heterocycles. The number of carbonyl (C=O) groups excluding carboxylic acids is 1. The first kappa shape index (κ1) is 6.60. The van der Waals surface area contributed by atoms with Gasteiger partial charge in [0.05, 0.1) is 5.41 Å². The highest BCUT2D eigenvalue weighted by Gasteiger charge is 2.19. The minimum atomic E-state index is -1.26. The van der Waals surface area contributed by atoms with Crippen molar-refractivity contribution in [2.45, 2.75) is 20.8 Å². The molecule has 0 aromatic heterocycles. The minimum absolute atomic E-state index is 0.806. The van der Waals surface area contributed by atoms with E-state index in [2.05, 4.69) is 0 Å². The van der Waals surface area contributed by atoms with E-state index in [-0.39, 0.29) is 0 Å². The van der Waals surface area contributed by atoms with E-state index in [1.54, 1.807) is 0 Å². The van der Waals surface area contributed by atoms with E-state index in [9.17, 15) is 9.18 Å². The van der Waals surface area contributed by atoms with Crippen molar-refractivity contribution < 1.29 is 9.18 Å². The Balaban J connectivity index is 3.79. The first-order chi connectivity index (χ1) is 2.94. The molecule has 0 heterocycles. The second-order valence-corrected chi connectivity index (χ2v) is 2.52. The van der Waals surface area contributed by atoms with E-state index in [0.717, 1.165) is 0 Å². The Kier molecular flexibility index (Phi) is 1.51. The average molecular weight is 104 g/mol. The molecule has 0 fully saturated rings. The van der Waals surface area contributed by atoms with Gasteiger partial charge in [0.2, 0.25) is 0 Å². The van der Waals surface area contributed by atoms with E-state index < -0.39 is 11.5 Å². The third-order valence-electron chi connectivity index (χ3n) is 0.590. The van der Waals surface area contributed by atoms with Crippen LogP contribution >= 0.6 is 0 Å². The van der Waals surface area contributed by atoms with Gasteiger partial charge in [0.1, 0.15) is 0 Å². The molecule has 0 aromatic rings. The van der Waals surface area contributed by atoms with Gasteiger partial charge in [0.25, 0.3) is 0 Å². The van der Waals surface area contributed by atoms with Gasteiger partial charge in [-0.25, -0.2) is 0 Å². The molecule has 2 heteroatoms. The molecule has 0 spiro atoms. The van der Waals surface area contributed by atoms with E-state index in [0.29, 0.717) is 0 Å². The van der Waals surface area contributed by atoms with Gasteiger partial charge in [-0.2, -0.15) is 4.39 Å². The van der Waals surface area contributed by atoms with Crippen molar-refractivity contribution in [3.63, 3.8) is 0 Å². The monoisotopic (exact) mass is 104 g/mol. The summed E-state index contributed by atoms with van der Waals surface area (Å²) in [4.78, 5) is 9.80. The fourth-order valence-electron chi connectivity index (χ4n) is 0. The number of halogens is 1. The third kappa shape index (κ3) is 2.31. The molecule has 0 aromatic carbocycles. The zero-order chi connectivity index (χ0) is 6.08. The highest BCUT2D eigenvalue weighted by Crippen LogP contribution is 2.13. The summed E-state index contributed by atoms with van der Waals surface area (Å²) in [6.07, 6.45) is 0. The van der Waals surface area contributed by atoms with Gasteiger partial charge in [0, 0.05) is 0 Å². The van der Waals surface area contributed by atoms with Crippen LogP contribution in [0.1, 0.15) is 20.8 Å². The smallest absolute Gasteiger partial charge is 0.261 e. The van der Waals surface area contributed by atoms with Crippen LogP contribution in [0.15, 0.2) is 0 Å². The number of rotatable bonds is 0. The van der Waals surface area contributed by atoms with Crippen molar-refractivity contribution in [1.82, 2.24) is 0 Å². The van der Waals surface area contributed by atoms with Crippen molar-refractivity contribution in [1.29, 1.82) is 0 Å². The summed E-state index contributed by atoms with van der Waals surface area (Å²) in [5.41, 5.74) is -0.806. The Morgan fingerprint density at radius 1 is 1.43 bits per heavy atom. The van der Waals surface area contributed by atoms with Gasteiger partial charge in [-0.15, -0.1) is 0 Å². The summed E-state index contributed by atoms with van der Waals surface area (Å²) in [6.45, 7) is 4.61. The SMILES string of the molecule is CC(C)(C)C(=O)F. The molecule has 0 unspecified atom stereocenters. The normalized spacial score (nSPS) is 11.4. The fourth-order valence-corrected chi connectivity index (χ4v) is 0. The Morgan fingerprint density at radius 3 is 1.57 bits per heavy atom. The van der Waals surface area contributed by atoms with Crippen LogP contribution in [-0.2, 0) is 4.79 Å². The average Bonchev–Trinajstić information content (AvgIpc) is 1.31. The summed E-state index contributed by atoms with van der Waals surface area (Å²) >= 11 is 0. The van der Waals surface area contributed by atoms with Crippen LogP contribution in [0.4, 0.5) is 4.39 Å². The van der Waals surface area contributed by atoms with Gasteiger partial charge in [-0.05, 0) is 0 Å². The molecule has 0 aliphatic carbocycles. The first-order valence-corrected chi connectivity index (χ1v) is 2.14. The van der Waals surface area contributed by atoms with E-state index in [4.69, 9.17) is 0 Å². The van der Waals surface area contributed by atoms with Gasteiger partial charge < -0.3 is 0 Å². The largest absolute Gasteiger partial charge is 0.306 e. The van der Waals surface area contributed by atoms with E-state index in [1.807, 2.05) is 0 Å². The van der Waals surface area contributed by atoms with Gasteiger partial charge in [-0.1, -0.05) is 20.8 Å². The van der Waals surface area contributed by atoms with Crippen LogP contribution in [0, 0.1) is 5.41 Å². The van der Waals surface area contributed by atoms with Crippen molar-refractivity contribution in [2.24, 2.45) is 5.41 Å². The lowest BCUT2D eigenvalue weighted by Gasteiger charge is -2.07. The van der Waals surface area contributed by atoms with Crippen LogP contribution < -0.4 is 0 Å². The second kappa shape index (κ2) is 1.60. The van der Waals surface area contributed by atoms with Crippen molar-refractivity contribution in [3.05, 3.63) is 0 Å². The van der Waals surface area contributed by atoms with E-state index >= 15 is 0 Å². The Hall–Kier alpha value is -0.400. The number of hydrogen-bond donors (Lipinski definition) is 0. The van der Waals surface area contributed by atoms with Crippen LogP contribution in [0.25, 0.3) is 0 Å². The van der Waals surface area contributed by atoms with Crippen molar-refractivity contribution in [3.8, 4) is 0 Å². The molecule has 0 bridgehead atoms. The van der Waals surface area contributed by atoms with Crippen LogP contribution in [0.5, 0.6) is 0 Å². The molecule has 0 aliphatic rings. The zero-order valence-electron chi connectivity index (χ0n) is 4.79. The van der Waals surface area contributed by atoms with Crippen molar-refractivity contribution in [2.75, 3.05) is 0 Å². The summed E-state index contributed by atoms with van der Waals surface area (Å²) in [6, 6.07) is -1.26. The molecule has 0 saturated carbocycles. The molecule has 0 N–H and O–H groups in total. The molecule has 0 saturated heterocycles. The molecule has 1 nitrogen and oxygen atoms in total. The summed E-state index contributed by atoms with van der Waals surface area (Å²) in [5, 5.41) is 0. The van der Waals surface area contributed by atoms with Crippen LogP contribution in [0.2, 0.25) is 0 Å². The molecule has 7 heavy (non-hydrogen) atoms. The lowest BCUT2D eigenvalue weighted by Crippen LogP contribution is -2.14. The lowest BCUT2D eigenvalue weighted by atomic mass is 9.99. The Labute approximate surface area is 42.5 Å². The first-order valence-electron chi connectivity index (χ1n) is 2.14. The molecule has 0 rings (SSSR count). The molecule has 0 atom stereocenters. The van der Waals surface area contributed by atoms with E-state index in [1.165, 1.54) is 20.8 Å². The molecule has 0 radical (unpaired) electrons. The maximum atomic E-state index is 11.6. The predicted molar refractivity (Wildman–Crippen MR) is 25.6 cm³/mol. The summed E-state index contributed by atoms with van der Waals surface area (Å²) in [5.74, 6) is 0.